The highest BCUT2D eigenvalue weighted by molar-refractivity contribution is 8.14. The molecule has 26 heavy (non-hydrogen) atoms. The molecule has 1 aliphatic rings. The number of hydrogen-bond acceptors (Lipinski definition) is 7. The van der Waals surface area contributed by atoms with Crippen LogP contribution in [0.4, 0.5) is 5.69 Å². The molecule has 0 fully saturated rings. The number of non-ortho nitro benzene ring substituents is 1. The van der Waals surface area contributed by atoms with Crippen LogP contribution < -0.4 is 0 Å². The fourth-order valence-corrected chi connectivity index (χ4v) is 3.16. The van der Waals surface area contributed by atoms with Crippen molar-refractivity contribution < 1.29 is 14.8 Å². The first kappa shape index (κ1) is 17.8. The molecule has 0 amide bonds. The minimum absolute atomic E-state index is 0.0462. The molecule has 1 aromatic carbocycles. The first-order valence-electron chi connectivity index (χ1n) is 7.62. The third kappa shape index (κ3) is 3.64. The molecule has 0 spiro atoms. The molecule has 3 rings (SSSR count). The Labute approximate surface area is 152 Å². The van der Waals surface area contributed by atoms with E-state index in [1.54, 1.807) is 17.9 Å². The van der Waals surface area contributed by atoms with Gasteiger partial charge in [-0.3, -0.25) is 19.6 Å². The van der Waals surface area contributed by atoms with E-state index < -0.39 is 10.9 Å². The van der Waals surface area contributed by atoms with Crippen LogP contribution in [0.1, 0.15) is 17.7 Å². The number of carboxylic acids is 1. The van der Waals surface area contributed by atoms with Gasteiger partial charge in [0.15, 0.2) is 0 Å². The number of carboxylic acid groups (broad SMARTS) is 1. The number of rotatable bonds is 5. The van der Waals surface area contributed by atoms with Crippen LogP contribution in [-0.2, 0) is 11.8 Å². The molecule has 0 unspecified atom stereocenters. The average molecular weight is 373 g/mol. The Morgan fingerprint density at radius 3 is 2.69 bits per heavy atom. The predicted molar refractivity (Wildman–Crippen MR) is 98.7 cm³/mol. The van der Waals surface area contributed by atoms with E-state index in [4.69, 9.17) is 5.11 Å². The van der Waals surface area contributed by atoms with Gasteiger partial charge in [0.25, 0.3) is 5.69 Å². The summed E-state index contributed by atoms with van der Waals surface area (Å²) in [6.07, 6.45) is 2.02. The Kier molecular flexibility index (Phi) is 4.85. The first-order valence-corrected chi connectivity index (χ1v) is 8.60. The van der Waals surface area contributed by atoms with Gasteiger partial charge in [-0.25, -0.2) is 0 Å². The zero-order chi connectivity index (χ0) is 18.8. The lowest BCUT2D eigenvalue weighted by molar-refractivity contribution is -0.384. The van der Waals surface area contributed by atoms with Gasteiger partial charge in [0.05, 0.1) is 22.6 Å². The van der Waals surface area contributed by atoms with E-state index in [0.29, 0.717) is 28.3 Å². The second-order valence-electron chi connectivity index (χ2n) is 5.69. The molecule has 9 nitrogen and oxygen atoms in total. The summed E-state index contributed by atoms with van der Waals surface area (Å²) in [7, 11) is 1.80. The minimum atomic E-state index is -0.934. The van der Waals surface area contributed by atoms with Gasteiger partial charge in [-0.15, -0.1) is 5.10 Å². The normalized spacial score (nSPS) is 13.5. The molecule has 1 aliphatic heterocycles. The molecule has 10 heteroatoms. The highest BCUT2D eigenvalue weighted by Crippen LogP contribution is 2.30. The fourth-order valence-electron chi connectivity index (χ4n) is 2.54. The van der Waals surface area contributed by atoms with Crippen molar-refractivity contribution in [3.8, 4) is 11.1 Å². The summed E-state index contributed by atoms with van der Waals surface area (Å²) >= 11 is 1.10. The fraction of sp³-hybridized carbons (Fsp3) is 0.250. The molecular formula is C16H15N5O4S. The first-order chi connectivity index (χ1) is 12.3. The summed E-state index contributed by atoms with van der Waals surface area (Å²) in [5, 5.41) is 32.9. The summed E-state index contributed by atoms with van der Waals surface area (Å²) in [5.41, 5.74) is 3.48. The molecule has 2 aromatic rings. The van der Waals surface area contributed by atoms with Crippen molar-refractivity contribution in [2.75, 3.05) is 5.75 Å². The zero-order valence-electron chi connectivity index (χ0n) is 14.0. The van der Waals surface area contributed by atoms with Gasteiger partial charge in [-0.05, 0) is 18.6 Å². The highest BCUT2D eigenvalue weighted by Gasteiger charge is 2.20. The van der Waals surface area contributed by atoms with Crippen molar-refractivity contribution in [1.82, 2.24) is 9.78 Å². The average Bonchev–Trinajstić information content (AvgIpc) is 3.20. The quantitative estimate of drug-likeness (QED) is 0.635. The van der Waals surface area contributed by atoms with Crippen LogP contribution in [0.25, 0.3) is 11.1 Å². The Bertz CT molecular complexity index is 964. The summed E-state index contributed by atoms with van der Waals surface area (Å²) in [6.45, 7) is 1.89. The summed E-state index contributed by atoms with van der Waals surface area (Å²) in [5.74, 6) is -1.03. The molecule has 134 valence electrons. The van der Waals surface area contributed by atoms with Gasteiger partial charge in [0.1, 0.15) is 5.04 Å². The largest absolute Gasteiger partial charge is 0.481 e. The van der Waals surface area contributed by atoms with Gasteiger partial charge < -0.3 is 5.11 Å². The smallest absolute Gasteiger partial charge is 0.313 e. The van der Waals surface area contributed by atoms with E-state index in [1.165, 1.54) is 12.1 Å². The molecule has 0 radical (unpaired) electrons. The SMILES string of the molecule is Cc1c(-c2cc(C3=NN=C(SCC(=O)O)C3)cc([N+](=O)[O-])c2)cnn1C. The van der Waals surface area contributed by atoms with Crippen molar-refractivity contribution in [3.63, 3.8) is 0 Å². The maximum Gasteiger partial charge on any atom is 0.313 e. The third-order valence-electron chi connectivity index (χ3n) is 3.97. The Morgan fingerprint density at radius 1 is 1.35 bits per heavy atom. The Balaban J connectivity index is 1.92. The predicted octanol–water partition coefficient (Wildman–Crippen LogP) is 2.63. The molecule has 0 bridgehead atoms. The number of hydrogen-bond donors (Lipinski definition) is 1. The van der Waals surface area contributed by atoms with Crippen LogP contribution >= 0.6 is 11.8 Å². The number of nitro groups is 1. The van der Waals surface area contributed by atoms with Crippen molar-refractivity contribution in [2.45, 2.75) is 13.3 Å². The van der Waals surface area contributed by atoms with Crippen LogP contribution in [0.3, 0.4) is 0 Å². The monoisotopic (exact) mass is 373 g/mol. The topological polar surface area (TPSA) is 123 Å². The van der Waals surface area contributed by atoms with Crippen LogP contribution in [-0.4, -0.2) is 42.3 Å². The summed E-state index contributed by atoms with van der Waals surface area (Å²) in [4.78, 5) is 21.5. The van der Waals surface area contributed by atoms with Gasteiger partial charge in [-0.1, -0.05) is 11.8 Å². The number of aromatic nitrogens is 2. The third-order valence-corrected chi connectivity index (χ3v) is 4.92. The van der Waals surface area contributed by atoms with Crippen LogP contribution in [0.15, 0.2) is 34.6 Å². The number of nitrogens with zero attached hydrogens (tertiary/aromatic N) is 5. The number of aryl methyl sites for hydroxylation is 1. The lowest BCUT2D eigenvalue weighted by Gasteiger charge is -2.06. The number of carbonyl (C=O) groups is 1. The maximum atomic E-state index is 11.3. The minimum Gasteiger partial charge on any atom is -0.481 e. The highest BCUT2D eigenvalue weighted by atomic mass is 32.2. The van der Waals surface area contributed by atoms with Gasteiger partial charge in [0, 0.05) is 42.4 Å². The van der Waals surface area contributed by atoms with Gasteiger partial charge >= 0.3 is 5.97 Å². The standard InChI is InChI=1S/C16H15N5O4S/c1-9-13(7-17-20(9)2)10-3-11(5-12(4-10)21(24)25)14-6-15(19-18-14)26-8-16(22)23/h3-5,7H,6,8H2,1-2H3,(H,22,23). The number of aliphatic carboxylic acids is 1. The number of nitro benzene ring substituents is 1. The van der Waals surface area contributed by atoms with E-state index in [9.17, 15) is 14.9 Å². The van der Waals surface area contributed by atoms with Gasteiger partial charge in [-0.2, -0.15) is 10.2 Å². The van der Waals surface area contributed by atoms with E-state index in [-0.39, 0.29) is 11.4 Å². The van der Waals surface area contributed by atoms with Gasteiger partial charge in [0.2, 0.25) is 0 Å². The Morgan fingerprint density at radius 2 is 2.08 bits per heavy atom. The van der Waals surface area contributed by atoms with Crippen LogP contribution in [0, 0.1) is 17.0 Å². The molecule has 1 N–H and O–H groups in total. The molecule has 0 saturated heterocycles. The molecule has 0 saturated carbocycles. The summed E-state index contributed by atoms with van der Waals surface area (Å²) < 4.78 is 1.70. The number of thioether (sulfide) groups is 1. The van der Waals surface area contributed by atoms with Crippen LogP contribution in [0.5, 0.6) is 0 Å². The lowest BCUT2D eigenvalue weighted by atomic mass is 9.99. The van der Waals surface area contributed by atoms with Crippen molar-refractivity contribution in [3.05, 3.63) is 45.8 Å². The maximum absolute atomic E-state index is 11.3. The van der Waals surface area contributed by atoms with E-state index in [1.807, 2.05) is 13.0 Å². The molecule has 1 aromatic heterocycles. The van der Waals surface area contributed by atoms with Crippen molar-refractivity contribution >= 4 is 34.2 Å². The molecular weight excluding hydrogens is 358 g/mol. The second kappa shape index (κ2) is 7.08. The second-order valence-corrected chi connectivity index (χ2v) is 6.74. The van der Waals surface area contributed by atoms with Crippen LogP contribution in [0.2, 0.25) is 0 Å². The van der Waals surface area contributed by atoms with E-state index in [0.717, 1.165) is 23.0 Å². The molecule has 0 atom stereocenters. The van der Waals surface area contributed by atoms with Crippen molar-refractivity contribution in [1.29, 1.82) is 0 Å². The van der Waals surface area contributed by atoms with Crippen molar-refractivity contribution in [2.24, 2.45) is 17.3 Å². The Hall–Kier alpha value is -3.01. The van der Waals surface area contributed by atoms with E-state index >= 15 is 0 Å². The van der Waals surface area contributed by atoms with E-state index in [2.05, 4.69) is 15.3 Å². The molecule has 2 heterocycles. The summed E-state index contributed by atoms with van der Waals surface area (Å²) in [6, 6.07) is 4.77. The lowest BCUT2D eigenvalue weighted by Crippen LogP contribution is -2.06. The zero-order valence-corrected chi connectivity index (χ0v) is 14.9. The molecule has 0 aliphatic carbocycles. The number of benzene rings is 1.